The van der Waals surface area contributed by atoms with Crippen molar-refractivity contribution >= 4 is 15.9 Å². The zero-order valence-electron chi connectivity index (χ0n) is 21.5. The summed E-state index contributed by atoms with van der Waals surface area (Å²) < 4.78 is 34.9. The predicted octanol–water partition coefficient (Wildman–Crippen LogP) is 5.19. The molecule has 0 bridgehead atoms. The van der Waals surface area contributed by atoms with Crippen molar-refractivity contribution in [3.63, 3.8) is 0 Å². The van der Waals surface area contributed by atoms with E-state index in [1.54, 1.807) is 50.4 Å². The van der Waals surface area contributed by atoms with Crippen LogP contribution in [-0.2, 0) is 21.2 Å². The molecule has 0 radical (unpaired) electrons. The summed E-state index contributed by atoms with van der Waals surface area (Å²) in [5.41, 5.74) is 3.25. The topological polar surface area (TPSA) is 84.5 Å². The van der Waals surface area contributed by atoms with Crippen LogP contribution in [0.2, 0.25) is 0 Å². The molecule has 2 atom stereocenters. The molecule has 0 aliphatic carbocycles. The Kier molecular flexibility index (Phi) is 8.94. The molecule has 2 N–H and O–H groups in total. The Bertz CT molecular complexity index is 1370. The van der Waals surface area contributed by atoms with Gasteiger partial charge in [0.2, 0.25) is 15.9 Å². The minimum atomic E-state index is -3.89. The van der Waals surface area contributed by atoms with Crippen molar-refractivity contribution in [2.75, 3.05) is 7.11 Å². The number of hydrogen-bond acceptors (Lipinski definition) is 4. The van der Waals surface area contributed by atoms with Gasteiger partial charge < -0.3 is 10.1 Å². The van der Waals surface area contributed by atoms with Crippen LogP contribution in [0.1, 0.15) is 40.5 Å². The quantitative estimate of drug-likeness (QED) is 0.281. The van der Waals surface area contributed by atoms with Crippen molar-refractivity contribution in [2.24, 2.45) is 0 Å². The van der Waals surface area contributed by atoms with Gasteiger partial charge in [0.1, 0.15) is 11.8 Å². The van der Waals surface area contributed by atoms with Crippen LogP contribution >= 0.6 is 0 Å². The SMILES string of the molecule is COc1ccc(CC(NS(=O)(=O)[C@@H](C)c2ccccc2)C(=O)NC(c2ccccc2)c2ccccc2)cc1. The lowest BCUT2D eigenvalue weighted by atomic mass is 9.97. The van der Waals surface area contributed by atoms with Gasteiger partial charge in [0.15, 0.2) is 0 Å². The number of methoxy groups -OCH3 is 1. The number of carbonyl (C=O) groups is 1. The van der Waals surface area contributed by atoms with Crippen LogP contribution in [0, 0.1) is 0 Å². The second kappa shape index (κ2) is 12.5. The van der Waals surface area contributed by atoms with Gasteiger partial charge in [0.05, 0.1) is 18.4 Å². The van der Waals surface area contributed by atoms with Crippen molar-refractivity contribution in [1.29, 1.82) is 0 Å². The zero-order valence-corrected chi connectivity index (χ0v) is 22.3. The maximum atomic E-state index is 13.8. The Morgan fingerprint density at radius 2 is 1.21 bits per heavy atom. The van der Waals surface area contributed by atoms with E-state index in [2.05, 4.69) is 10.0 Å². The largest absolute Gasteiger partial charge is 0.497 e. The second-order valence-electron chi connectivity index (χ2n) is 9.08. The van der Waals surface area contributed by atoms with Gasteiger partial charge in [-0.2, -0.15) is 0 Å². The average Bonchev–Trinajstić information content (AvgIpc) is 2.96. The van der Waals surface area contributed by atoms with E-state index in [-0.39, 0.29) is 6.42 Å². The number of benzene rings is 4. The highest BCUT2D eigenvalue weighted by molar-refractivity contribution is 7.89. The highest BCUT2D eigenvalue weighted by Gasteiger charge is 2.31. The smallest absolute Gasteiger partial charge is 0.239 e. The van der Waals surface area contributed by atoms with E-state index in [0.29, 0.717) is 11.3 Å². The van der Waals surface area contributed by atoms with E-state index in [1.807, 2.05) is 78.9 Å². The molecular weight excluding hydrogens is 496 g/mol. The van der Waals surface area contributed by atoms with Crippen LogP contribution in [-0.4, -0.2) is 27.5 Å². The molecule has 4 rings (SSSR count). The number of ether oxygens (including phenoxy) is 1. The highest BCUT2D eigenvalue weighted by Crippen LogP contribution is 2.24. The summed E-state index contributed by atoms with van der Waals surface area (Å²) in [5.74, 6) is 0.267. The Balaban J connectivity index is 1.64. The van der Waals surface area contributed by atoms with Crippen molar-refractivity contribution in [2.45, 2.75) is 30.7 Å². The molecule has 38 heavy (non-hydrogen) atoms. The highest BCUT2D eigenvalue weighted by atomic mass is 32.2. The summed E-state index contributed by atoms with van der Waals surface area (Å²) in [4.78, 5) is 13.8. The molecule has 7 heteroatoms. The maximum absolute atomic E-state index is 13.8. The Labute approximate surface area is 224 Å². The predicted molar refractivity (Wildman–Crippen MR) is 150 cm³/mol. The van der Waals surface area contributed by atoms with Gasteiger partial charge in [-0.15, -0.1) is 0 Å². The Morgan fingerprint density at radius 1 is 0.737 bits per heavy atom. The van der Waals surface area contributed by atoms with Crippen molar-refractivity contribution in [1.82, 2.24) is 10.0 Å². The van der Waals surface area contributed by atoms with Gasteiger partial charge in [-0.3, -0.25) is 4.79 Å². The molecule has 0 fully saturated rings. The molecule has 6 nitrogen and oxygen atoms in total. The lowest BCUT2D eigenvalue weighted by molar-refractivity contribution is -0.123. The molecule has 0 heterocycles. The fourth-order valence-corrected chi connectivity index (χ4v) is 5.59. The first-order chi connectivity index (χ1) is 18.4. The number of nitrogens with one attached hydrogen (secondary N) is 2. The molecular formula is C31H32N2O4S. The third kappa shape index (κ3) is 6.88. The lowest BCUT2D eigenvalue weighted by Gasteiger charge is -2.25. The Hall–Kier alpha value is -3.94. The fourth-order valence-electron chi connectivity index (χ4n) is 4.28. The molecule has 1 amide bonds. The first-order valence-corrected chi connectivity index (χ1v) is 14.0. The van der Waals surface area contributed by atoms with Gasteiger partial charge in [0.25, 0.3) is 0 Å². The molecule has 1 unspecified atom stereocenters. The third-order valence-electron chi connectivity index (χ3n) is 6.51. The molecule has 0 aromatic heterocycles. The van der Waals surface area contributed by atoms with E-state index in [1.165, 1.54) is 0 Å². The van der Waals surface area contributed by atoms with E-state index in [4.69, 9.17) is 4.74 Å². The van der Waals surface area contributed by atoms with Crippen LogP contribution in [0.3, 0.4) is 0 Å². The van der Waals surface area contributed by atoms with Crippen LogP contribution in [0.4, 0.5) is 0 Å². The minimum Gasteiger partial charge on any atom is -0.497 e. The molecule has 0 saturated heterocycles. The number of hydrogen-bond donors (Lipinski definition) is 2. The monoisotopic (exact) mass is 528 g/mol. The van der Waals surface area contributed by atoms with Crippen LogP contribution in [0.15, 0.2) is 115 Å². The number of sulfonamides is 1. The van der Waals surface area contributed by atoms with Crippen LogP contribution in [0.25, 0.3) is 0 Å². The summed E-state index contributed by atoms with van der Waals surface area (Å²) in [6.07, 6.45) is 0.173. The van der Waals surface area contributed by atoms with Gasteiger partial charge in [-0.05, 0) is 47.7 Å². The molecule has 0 aliphatic heterocycles. The first kappa shape index (κ1) is 27.1. The van der Waals surface area contributed by atoms with Crippen molar-refractivity contribution in [3.05, 3.63) is 138 Å². The minimum absolute atomic E-state index is 0.173. The van der Waals surface area contributed by atoms with Crippen molar-refractivity contribution < 1.29 is 17.9 Å². The zero-order chi connectivity index (χ0) is 27.0. The second-order valence-corrected chi connectivity index (χ2v) is 11.1. The summed E-state index contributed by atoms with van der Waals surface area (Å²) in [6.45, 7) is 1.62. The van der Waals surface area contributed by atoms with Gasteiger partial charge in [-0.25, -0.2) is 13.1 Å². The van der Waals surface area contributed by atoms with E-state index < -0.39 is 33.3 Å². The van der Waals surface area contributed by atoms with Gasteiger partial charge >= 0.3 is 0 Å². The first-order valence-electron chi connectivity index (χ1n) is 12.5. The summed E-state index contributed by atoms with van der Waals surface area (Å²) >= 11 is 0. The molecule has 4 aromatic carbocycles. The third-order valence-corrected chi connectivity index (χ3v) is 8.32. The summed E-state index contributed by atoms with van der Waals surface area (Å²) in [7, 11) is -2.31. The van der Waals surface area contributed by atoms with E-state index in [0.717, 1.165) is 16.7 Å². The van der Waals surface area contributed by atoms with Crippen LogP contribution < -0.4 is 14.8 Å². The average molecular weight is 529 g/mol. The number of amides is 1. The van der Waals surface area contributed by atoms with Crippen LogP contribution in [0.5, 0.6) is 5.75 Å². The van der Waals surface area contributed by atoms with Gasteiger partial charge in [-0.1, -0.05) is 103 Å². The standard InChI is InChI=1S/C31H32N2O4S/c1-23(25-12-6-3-7-13-25)38(35,36)33-29(22-24-18-20-28(37-2)21-19-24)31(34)32-30(26-14-8-4-9-15-26)27-16-10-5-11-17-27/h3-21,23,29-30,33H,22H2,1-2H3,(H,32,34)/t23-,29?/m0/s1. The maximum Gasteiger partial charge on any atom is 0.239 e. The molecule has 0 spiro atoms. The molecule has 4 aromatic rings. The molecule has 196 valence electrons. The summed E-state index contributed by atoms with van der Waals surface area (Å²) in [6, 6.07) is 34.0. The number of carbonyl (C=O) groups excluding carboxylic acids is 1. The van der Waals surface area contributed by atoms with Gasteiger partial charge in [0, 0.05) is 0 Å². The van der Waals surface area contributed by atoms with Crippen molar-refractivity contribution in [3.8, 4) is 5.75 Å². The van der Waals surface area contributed by atoms with E-state index >= 15 is 0 Å². The fraction of sp³-hybridized carbons (Fsp3) is 0.194. The summed E-state index contributed by atoms with van der Waals surface area (Å²) in [5, 5.41) is 2.26. The normalized spacial score (nSPS) is 13.0. The number of rotatable bonds is 11. The van der Waals surface area contributed by atoms with E-state index in [9.17, 15) is 13.2 Å². The molecule has 0 aliphatic rings. The lowest BCUT2D eigenvalue weighted by Crippen LogP contribution is -2.49. The Morgan fingerprint density at radius 3 is 1.68 bits per heavy atom. The molecule has 0 saturated carbocycles.